The van der Waals surface area contributed by atoms with Gasteiger partial charge < -0.3 is 44.5 Å². The van der Waals surface area contributed by atoms with E-state index in [9.17, 15) is 25.5 Å². The van der Waals surface area contributed by atoms with Gasteiger partial charge in [0.25, 0.3) is 0 Å². The Kier molecular flexibility index (Phi) is 7.35. The third kappa shape index (κ3) is 4.06. The first-order chi connectivity index (χ1) is 11.5. The summed E-state index contributed by atoms with van der Waals surface area (Å²) in [6.07, 6.45) is -6.76. The predicted octanol–water partition coefficient (Wildman–Crippen LogP) is -2.40. The van der Waals surface area contributed by atoms with E-state index in [2.05, 4.69) is 0 Å². The van der Waals surface area contributed by atoms with Crippen LogP contribution < -0.4 is 0 Å². The summed E-state index contributed by atoms with van der Waals surface area (Å²) in [6.45, 7) is -0.586. The van der Waals surface area contributed by atoms with Crippen molar-refractivity contribution in [3.05, 3.63) is 0 Å². The van der Waals surface area contributed by atoms with E-state index in [1.54, 1.807) is 0 Å². The molecule has 9 heteroatoms. The Balaban J connectivity index is 2.05. The van der Waals surface area contributed by atoms with Crippen molar-refractivity contribution < 1.29 is 44.5 Å². The molecule has 4 unspecified atom stereocenters. The second-order valence-electron chi connectivity index (χ2n) is 6.34. The molecule has 2 aliphatic rings. The molecule has 142 valence electrons. The number of hydrogen-bond acceptors (Lipinski definition) is 9. The fourth-order valence-electron chi connectivity index (χ4n) is 3.43. The minimum absolute atomic E-state index is 0.174. The van der Waals surface area contributed by atoms with Gasteiger partial charge in [0.2, 0.25) is 0 Å². The smallest absolute Gasteiger partial charge is 0.186 e. The highest BCUT2D eigenvalue weighted by atomic mass is 16.7. The van der Waals surface area contributed by atoms with E-state index < -0.39 is 55.6 Å². The van der Waals surface area contributed by atoms with Crippen molar-refractivity contribution in [2.45, 2.75) is 61.9 Å². The topological polar surface area (TPSA) is 138 Å². The zero-order chi connectivity index (χ0) is 17.9. The van der Waals surface area contributed by atoms with Crippen LogP contribution in [-0.2, 0) is 18.9 Å². The normalized spacial score (nSPS) is 46.9. The molecule has 1 heterocycles. The quantitative estimate of drug-likeness (QED) is 0.354. The summed E-state index contributed by atoms with van der Waals surface area (Å²) < 4.78 is 21.5. The highest BCUT2D eigenvalue weighted by molar-refractivity contribution is 4.92. The van der Waals surface area contributed by atoms with Gasteiger partial charge in [-0.3, -0.25) is 0 Å². The number of aliphatic hydroxyl groups is 5. The summed E-state index contributed by atoms with van der Waals surface area (Å²) in [4.78, 5) is 0. The molecule has 1 saturated heterocycles. The van der Waals surface area contributed by atoms with Crippen LogP contribution >= 0.6 is 0 Å². The molecule has 5 N–H and O–H groups in total. The van der Waals surface area contributed by atoms with E-state index >= 15 is 0 Å². The Labute approximate surface area is 140 Å². The lowest BCUT2D eigenvalue weighted by atomic mass is 9.83. The summed E-state index contributed by atoms with van der Waals surface area (Å²) in [7, 11) is 2.84. The van der Waals surface area contributed by atoms with Crippen molar-refractivity contribution in [2.24, 2.45) is 5.92 Å². The highest BCUT2D eigenvalue weighted by Crippen LogP contribution is 2.32. The third-order valence-electron chi connectivity index (χ3n) is 4.90. The van der Waals surface area contributed by atoms with E-state index in [4.69, 9.17) is 18.9 Å². The van der Waals surface area contributed by atoms with E-state index in [0.29, 0.717) is 6.42 Å². The van der Waals surface area contributed by atoms with Gasteiger partial charge in [-0.15, -0.1) is 0 Å². The standard InChI is InChI=1S/C15H28O9/c1-21-10-3-7(5-16)9(4-8(10)18)23-15-13(20)12(19)14(22-2)11(6-17)24-15/h7-20H,3-6H2,1-2H3/t7?,8?,9-,10+,11?,12+,13?,14+,15+/m0/s1. The summed E-state index contributed by atoms with van der Waals surface area (Å²) in [5.74, 6) is -0.306. The van der Waals surface area contributed by atoms with Crippen molar-refractivity contribution in [1.82, 2.24) is 0 Å². The molecule has 0 spiro atoms. The molecule has 0 amide bonds. The SMILES string of the molecule is CO[C@@H]1C(CO)O[C@@H](O[C@H]2CC(O)[C@H](OC)CC2CO)C(O)[C@H]1O. The molecule has 2 rings (SSSR count). The number of aliphatic hydroxyl groups excluding tert-OH is 5. The maximum absolute atomic E-state index is 10.2. The van der Waals surface area contributed by atoms with Gasteiger partial charge in [-0.2, -0.15) is 0 Å². The molecule has 0 aromatic heterocycles. The van der Waals surface area contributed by atoms with Crippen LogP contribution in [0.3, 0.4) is 0 Å². The Morgan fingerprint density at radius 1 is 0.917 bits per heavy atom. The van der Waals surface area contributed by atoms with Gasteiger partial charge in [-0.1, -0.05) is 0 Å². The second kappa shape index (κ2) is 8.84. The maximum Gasteiger partial charge on any atom is 0.186 e. The predicted molar refractivity (Wildman–Crippen MR) is 80.0 cm³/mol. The largest absolute Gasteiger partial charge is 0.396 e. The van der Waals surface area contributed by atoms with Gasteiger partial charge in [-0.25, -0.2) is 0 Å². The van der Waals surface area contributed by atoms with Crippen molar-refractivity contribution >= 4 is 0 Å². The van der Waals surface area contributed by atoms with Crippen LogP contribution in [0, 0.1) is 5.92 Å². The molecule has 1 aliphatic carbocycles. The average Bonchev–Trinajstić information content (AvgIpc) is 2.59. The van der Waals surface area contributed by atoms with Crippen LogP contribution in [0.25, 0.3) is 0 Å². The minimum Gasteiger partial charge on any atom is -0.396 e. The number of methoxy groups -OCH3 is 2. The van der Waals surface area contributed by atoms with Crippen LogP contribution in [0.4, 0.5) is 0 Å². The lowest BCUT2D eigenvalue weighted by molar-refractivity contribution is -0.323. The monoisotopic (exact) mass is 352 g/mol. The van der Waals surface area contributed by atoms with E-state index in [1.807, 2.05) is 0 Å². The first kappa shape index (κ1) is 20.0. The molecular weight excluding hydrogens is 324 g/mol. The molecule has 0 radical (unpaired) electrons. The fraction of sp³-hybridized carbons (Fsp3) is 1.00. The average molecular weight is 352 g/mol. The van der Waals surface area contributed by atoms with Crippen LogP contribution in [0.1, 0.15) is 12.8 Å². The number of rotatable bonds is 6. The molecule has 1 saturated carbocycles. The van der Waals surface area contributed by atoms with Gasteiger partial charge >= 0.3 is 0 Å². The molecule has 1 aliphatic heterocycles. The van der Waals surface area contributed by atoms with Crippen molar-refractivity contribution in [2.75, 3.05) is 27.4 Å². The number of ether oxygens (including phenoxy) is 4. The molecule has 24 heavy (non-hydrogen) atoms. The van der Waals surface area contributed by atoms with Crippen LogP contribution in [-0.4, -0.2) is 102 Å². The van der Waals surface area contributed by atoms with Gasteiger partial charge in [0.05, 0.1) is 24.9 Å². The lowest BCUT2D eigenvalue weighted by Crippen LogP contribution is -2.61. The van der Waals surface area contributed by atoms with Crippen molar-refractivity contribution in [3.8, 4) is 0 Å². The molecule has 2 fully saturated rings. The molecule has 9 nitrogen and oxygen atoms in total. The van der Waals surface area contributed by atoms with Crippen LogP contribution in [0.15, 0.2) is 0 Å². The fourth-order valence-corrected chi connectivity index (χ4v) is 3.43. The van der Waals surface area contributed by atoms with E-state index in [-0.39, 0.29) is 18.9 Å². The van der Waals surface area contributed by atoms with E-state index in [0.717, 1.165) is 0 Å². The maximum atomic E-state index is 10.2. The number of hydrogen-bond donors (Lipinski definition) is 5. The first-order valence-corrected chi connectivity index (χ1v) is 8.09. The summed E-state index contributed by atoms with van der Waals surface area (Å²) >= 11 is 0. The first-order valence-electron chi connectivity index (χ1n) is 8.09. The summed E-state index contributed by atoms with van der Waals surface area (Å²) in [6, 6.07) is 0. The molecule has 9 atom stereocenters. The zero-order valence-electron chi connectivity index (χ0n) is 13.9. The van der Waals surface area contributed by atoms with Gasteiger partial charge in [0.1, 0.15) is 24.4 Å². The van der Waals surface area contributed by atoms with Gasteiger partial charge in [0, 0.05) is 33.2 Å². The van der Waals surface area contributed by atoms with Gasteiger partial charge in [0.15, 0.2) is 6.29 Å². The minimum atomic E-state index is -1.38. The van der Waals surface area contributed by atoms with Crippen molar-refractivity contribution in [3.63, 3.8) is 0 Å². The summed E-state index contributed by atoms with van der Waals surface area (Å²) in [5, 5.41) is 49.3. The van der Waals surface area contributed by atoms with Crippen LogP contribution in [0.2, 0.25) is 0 Å². The molecular formula is C15H28O9. The Hall–Kier alpha value is -0.360. The Bertz CT molecular complexity index is 380. The zero-order valence-corrected chi connectivity index (χ0v) is 13.9. The Morgan fingerprint density at radius 2 is 1.62 bits per heavy atom. The molecule has 0 aromatic rings. The second-order valence-corrected chi connectivity index (χ2v) is 6.34. The Morgan fingerprint density at radius 3 is 2.17 bits per heavy atom. The van der Waals surface area contributed by atoms with Gasteiger partial charge in [-0.05, 0) is 6.42 Å². The molecule has 0 aromatic carbocycles. The van der Waals surface area contributed by atoms with Crippen molar-refractivity contribution in [1.29, 1.82) is 0 Å². The molecule has 0 bridgehead atoms. The third-order valence-corrected chi connectivity index (χ3v) is 4.90. The van der Waals surface area contributed by atoms with E-state index in [1.165, 1.54) is 14.2 Å². The van der Waals surface area contributed by atoms with Crippen LogP contribution in [0.5, 0.6) is 0 Å². The lowest BCUT2D eigenvalue weighted by Gasteiger charge is -2.44. The summed E-state index contributed by atoms with van der Waals surface area (Å²) in [5.41, 5.74) is 0. The highest BCUT2D eigenvalue weighted by Gasteiger charge is 2.47.